The zero-order valence-electron chi connectivity index (χ0n) is 23.9. The van der Waals surface area contributed by atoms with Gasteiger partial charge in [0.05, 0.1) is 5.69 Å². The maximum atomic E-state index is 11.6. The normalized spacial score (nSPS) is 24.1. The fourth-order valence-corrected chi connectivity index (χ4v) is 5.41. The Morgan fingerprint density at radius 1 is 1.00 bits per heavy atom. The molecule has 1 aromatic heterocycles. The Labute approximate surface area is 225 Å². The molecule has 0 aromatic carbocycles. The molecular weight excluding hydrogens is 458 g/mol. The minimum absolute atomic E-state index is 0.156. The first kappa shape index (κ1) is 29.1. The minimum atomic E-state index is 0.156. The van der Waals surface area contributed by atoms with Crippen molar-refractivity contribution in [3.63, 3.8) is 0 Å². The van der Waals surface area contributed by atoms with Gasteiger partial charge in [0, 0.05) is 64.9 Å². The summed E-state index contributed by atoms with van der Waals surface area (Å²) in [6.07, 6.45) is 22.3. The number of rotatable bonds is 3. The van der Waals surface area contributed by atoms with E-state index in [1.54, 1.807) is 6.92 Å². The molecule has 4 aliphatic rings. The third kappa shape index (κ3) is 8.53. The van der Waals surface area contributed by atoms with Gasteiger partial charge in [0.15, 0.2) is 0 Å². The van der Waals surface area contributed by atoms with Gasteiger partial charge in [0.1, 0.15) is 0 Å². The van der Waals surface area contributed by atoms with E-state index in [9.17, 15) is 4.79 Å². The first-order valence-electron chi connectivity index (χ1n) is 14.6. The molecule has 1 saturated heterocycles. The van der Waals surface area contributed by atoms with Crippen molar-refractivity contribution in [2.24, 2.45) is 11.8 Å². The van der Waals surface area contributed by atoms with Gasteiger partial charge in [0.25, 0.3) is 0 Å². The number of carbonyl (C=O) groups is 1. The summed E-state index contributed by atoms with van der Waals surface area (Å²) in [5, 5.41) is 0. The van der Waals surface area contributed by atoms with Crippen LogP contribution in [0.3, 0.4) is 0 Å². The molecule has 1 aromatic rings. The standard InChI is InChI=1S/C18H27N5O.C11H16.C2H6/c1-14(24)21-7-5-15-13-19-18(20-17(15)6-8-21)23-11-9-22(10-12-23)16-3-2-4-16;1-3-6-11-8-5-4-7-10(2)9-11;1-2/h13,16H,2-12H2,1H3;3-8,10-11H,9H2,1-2H3;1-2H3/b;6-3+;. The summed E-state index contributed by atoms with van der Waals surface area (Å²) in [5.74, 6) is 2.39. The number of nitrogens with zero attached hydrogens (tertiary/aromatic N) is 5. The minimum Gasteiger partial charge on any atom is -0.342 e. The summed E-state index contributed by atoms with van der Waals surface area (Å²) in [7, 11) is 0. The van der Waals surface area contributed by atoms with Crippen LogP contribution in [0.15, 0.2) is 42.7 Å². The molecule has 2 aliphatic heterocycles. The van der Waals surface area contributed by atoms with E-state index in [0.29, 0.717) is 11.8 Å². The predicted molar refractivity (Wildman–Crippen MR) is 155 cm³/mol. The highest BCUT2D eigenvalue weighted by Crippen LogP contribution is 2.26. The number of piperazine rings is 1. The molecule has 0 N–H and O–H groups in total. The van der Waals surface area contributed by atoms with E-state index in [-0.39, 0.29) is 5.91 Å². The van der Waals surface area contributed by atoms with Gasteiger partial charge in [0.2, 0.25) is 11.9 Å². The predicted octanol–water partition coefficient (Wildman–Crippen LogP) is 5.46. The van der Waals surface area contributed by atoms with Crippen molar-refractivity contribution in [2.45, 2.75) is 79.2 Å². The molecule has 3 heterocycles. The Morgan fingerprint density at radius 3 is 2.35 bits per heavy atom. The van der Waals surface area contributed by atoms with Crippen molar-refractivity contribution >= 4 is 11.9 Å². The number of fused-ring (bicyclic) bond motifs is 1. The van der Waals surface area contributed by atoms with Crippen molar-refractivity contribution in [3.8, 4) is 0 Å². The topological polar surface area (TPSA) is 52.6 Å². The Morgan fingerprint density at radius 2 is 1.70 bits per heavy atom. The molecule has 2 fully saturated rings. The maximum Gasteiger partial charge on any atom is 0.225 e. The van der Waals surface area contributed by atoms with E-state index in [0.717, 1.165) is 69.8 Å². The third-order valence-electron chi connectivity index (χ3n) is 7.84. The van der Waals surface area contributed by atoms with Crippen molar-refractivity contribution in [3.05, 3.63) is 53.9 Å². The van der Waals surface area contributed by atoms with Gasteiger partial charge in [-0.25, -0.2) is 9.97 Å². The molecule has 1 saturated carbocycles. The Hall–Kier alpha value is -2.47. The van der Waals surface area contributed by atoms with E-state index in [1.165, 1.54) is 31.2 Å². The average molecular weight is 508 g/mol. The van der Waals surface area contributed by atoms with Gasteiger partial charge in [-0.15, -0.1) is 0 Å². The molecule has 1 amide bonds. The fourth-order valence-electron chi connectivity index (χ4n) is 5.41. The van der Waals surface area contributed by atoms with Gasteiger partial charge in [-0.2, -0.15) is 0 Å². The van der Waals surface area contributed by atoms with E-state index in [4.69, 9.17) is 4.98 Å². The highest BCUT2D eigenvalue weighted by molar-refractivity contribution is 5.73. The summed E-state index contributed by atoms with van der Waals surface area (Å²) in [5.41, 5.74) is 2.33. The lowest BCUT2D eigenvalue weighted by Crippen LogP contribution is -2.52. The Kier molecular flexibility index (Phi) is 11.8. The number of carbonyl (C=O) groups excluding carboxylic acids is 1. The van der Waals surface area contributed by atoms with Crippen molar-refractivity contribution in [1.29, 1.82) is 0 Å². The van der Waals surface area contributed by atoms with Crippen LogP contribution in [0.5, 0.6) is 0 Å². The number of aromatic nitrogens is 2. The van der Waals surface area contributed by atoms with Crippen LogP contribution in [-0.2, 0) is 17.6 Å². The Bertz CT molecular complexity index is 928. The molecule has 0 bridgehead atoms. The molecule has 0 radical (unpaired) electrons. The van der Waals surface area contributed by atoms with Gasteiger partial charge in [-0.3, -0.25) is 9.69 Å². The van der Waals surface area contributed by atoms with E-state index in [2.05, 4.69) is 65.1 Å². The summed E-state index contributed by atoms with van der Waals surface area (Å²) in [6.45, 7) is 15.8. The summed E-state index contributed by atoms with van der Waals surface area (Å²) < 4.78 is 0. The fraction of sp³-hybridized carbons (Fsp3) is 0.645. The monoisotopic (exact) mass is 507 g/mol. The second-order valence-corrected chi connectivity index (χ2v) is 10.4. The van der Waals surface area contributed by atoms with Crippen LogP contribution in [0.1, 0.15) is 71.6 Å². The number of hydrogen-bond acceptors (Lipinski definition) is 5. The van der Waals surface area contributed by atoms with E-state index < -0.39 is 0 Å². The van der Waals surface area contributed by atoms with Crippen LogP contribution in [0, 0.1) is 11.8 Å². The third-order valence-corrected chi connectivity index (χ3v) is 7.84. The van der Waals surface area contributed by atoms with Gasteiger partial charge in [-0.05, 0) is 50.0 Å². The van der Waals surface area contributed by atoms with Crippen molar-refractivity contribution < 1.29 is 4.79 Å². The lowest BCUT2D eigenvalue weighted by molar-refractivity contribution is -0.128. The number of anilines is 1. The van der Waals surface area contributed by atoms with Gasteiger partial charge >= 0.3 is 0 Å². The van der Waals surface area contributed by atoms with Crippen LogP contribution in [0.25, 0.3) is 0 Å². The smallest absolute Gasteiger partial charge is 0.225 e. The van der Waals surface area contributed by atoms with Crippen LogP contribution in [-0.4, -0.2) is 71.0 Å². The van der Waals surface area contributed by atoms with Crippen LogP contribution in [0.2, 0.25) is 0 Å². The van der Waals surface area contributed by atoms with E-state index >= 15 is 0 Å². The summed E-state index contributed by atoms with van der Waals surface area (Å²) in [4.78, 5) is 28.0. The zero-order chi connectivity index (χ0) is 26.6. The molecule has 204 valence electrons. The lowest BCUT2D eigenvalue weighted by Gasteiger charge is -2.43. The van der Waals surface area contributed by atoms with Crippen LogP contribution in [0.4, 0.5) is 5.95 Å². The Balaban J connectivity index is 0.000000247. The molecule has 6 nitrogen and oxygen atoms in total. The molecule has 0 spiro atoms. The molecule has 5 rings (SSSR count). The molecule has 2 aliphatic carbocycles. The SMILES string of the molecule is C/C=C/C1C=CC=CC(C)C1.CC.CC(=O)N1CCc2cnc(N3CCN(C4CCC4)CC3)nc2CC1. The number of amides is 1. The van der Waals surface area contributed by atoms with Crippen LogP contribution >= 0.6 is 0 Å². The maximum absolute atomic E-state index is 11.6. The second kappa shape index (κ2) is 15.1. The molecule has 2 unspecified atom stereocenters. The second-order valence-electron chi connectivity index (χ2n) is 10.4. The number of allylic oxidation sites excluding steroid dienone is 6. The first-order valence-corrected chi connectivity index (χ1v) is 14.6. The molecule has 37 heavy (non-hydrogen) atoms. The largest absolute Gasteiger partial charge is 0.342 e. The first-order chi connectivity index (χ1) is 18.0. The summed E-state index contributed by atoms with van der Waals surface area (Å²) >= 11 is 0. The lowest BCUT2D eigenvalue weighted by atomic mass is 9.91. The highest BCUT2D eigenvalue weighted by atomic mass is 16.2. The van der Waals surface area contributed by atoms with Gasteiger partial charge < -0.3 is 9.80 Å². The highest BCUT2D eigenvalue weighted by Gasteiger charge is 2.29. The summed E-state index contributed by atoms with van der Waals surface area (Å²) in [6, 6.07) is 0.831. The molecule has 6 heteroatoms. The quantitative estimate of drug-likeness (QED) is 0.509. The molecular formula is C31H49N5O. The van der Waals surface area contributed by atoms with Crippen molar-refractivity contribution in [1.82, 2.24) is 19.8 Å². The van der Waals surface area contributed by atoms with Gasteiger partial charge in [-0.1, -0.05) is 63.6 Å². The van der Waals surface area contributed by atoms with E-state index in [1.807, 2.05) is 24.9 Å². The zero-order valence-corrected chi connectivity index (χ0v) is 23.9. The molecule has 2 atom stereocenters. The average Bonchev–Trinajstić information content (AvgIpc) is 3.22. The van der Waals surface area contributed by atoms with Crippen molar-refractivity contribution in [2.75, 3.05) is 44.2 Å². The van der Waals surface area contributed by atoms with Crippen LogP contribution < -0.4 is 4.90 Å². The number of hydrogen-bond donors (Lipinski definition) is 0.